The molecule has 0 atom stereocenters. The monoisotopic (exact) mass is 284 g/mol. The second-order valence-electron chi connectivity index (χ2n) is 4.61. The molecule has 0 saturated carbocycles. The van der Waals surface area contributed by atoms with Crippen LogP contribution in [0.2, 0.25) is 0 Å². The summed E-state index contributed by atoms with van der Waals surface area (Å²) in [6.07, 6.45) is 0. The van der Waals surface area contributed by atoms with E-state index in [-0.39, 0.29) is 0 Å². The highest BCUT2D eigenvalue weighted by atomic mass is 16.5. The van der Waals surface area contributed by atoms with Gasteiger partial charge < -0.3 is 9.47 Å². The zero-order valence-corrected chi connectivity index (χ0v) is 12.8. The Morgan fingerprint density at radius 3 is 2.24 bits per heavy atom. The minimum Gasteiger partial charge on any atom is -0.493 e. The number of para-hydroxylation sites is 1. The molecule has 0 heterocycles. The summed E-state index contributed by atoms with van der Waals surface area (Å²) < 4.78 is 10.6. The summed E-state index contributed by atoms with van der Waals surface area (Å²) in [5.41, 5.74) is 2.94. The summed E-state index contributed by atoms with van der Waals surface area (Å²) in [5.74, 6) is 1.41. The van der Waals surface area contributed by atoms with E-state index in [2.05, 4.69) is 5.10 Å². The molecule has 110 valence electrons. The zero-order valence-electron chi connectivity index (χ0n) is 12.8. The van der Waals surface area contributed by atoms with Crippen LogP contribution in [0.5, 0.6) is 11.5 Å². The SMILES string of the molecule is COc1ccc(/C(C)=N/N(C)c2ccccc2)cc1OC. The first-order valence-corrected chi connectivity index (χ1v) is 6.72. The number of nitrogens with zero attached hydrogens (tertiary/aromatic N) is 2. The molecule has 0 spiro atoms. The molecule has 0 aliphatic carbocycles. The van der Waals surface area contributed by atoms with Crippen LogP contribution in [0.15, 0.2) is 53.6 Å². The van der Waals surface area contributed by atoms with Crippen LogP contribution < -0.4 is 14.5 Å². The van der Waals surface area contributed by atoms with E-state index < -0.39 is 0 Å². The zero-order chi connectivity index (χ0) is 15.2. The average Bonchev–Trinajstić information content (AvgIpc) is 2.54. The summed E-state index contributed by atoms with van der Waals surface area (Å²) in [6, 6.07) is 15.8. The minimum absolute atomic E-state index is 0.701. The Kier molecular flexibility index (Phi) is 4.82. The van der Waals surface area contributed by atoms with E-state index >= 15 is 0 Å². The summed E-state index contributed by atoms with van der Waals surface area (Å²) in [6.45, 7) is 1.97. The third kappa shape index (κ3) is 3.54. The molecular formula is C17H20N2O2. The summed E-state index contributed by atoms with van der Waals surface area (Å²) in [5, 5.41) is 6.46. The van der Waals surface area contributed by atoms with Crippen molar-refractivity contribution >= 4 is 11.4 Å². The van der Waals surface area contributed by atoms with Gasteiger partial charge in [0, 0.05) is 12.6 Å². The molecule has 4 heteroatoms. The number of hydrogen-bond acceptors (Lipinski definition) is 4. The molecule has 0 radical (unpaired) electrons. The number of hydrogen-bond donors (Lipinski definition) is 0. The number of benzene rings is 2. The van der Waals surface area contributed by atoms with Crippen molar-refractivity contribution in [2.24, 2.45) is 5.10 Å². The van der Waals surface area contributed by atoms with E-state index in [1.54, 1.807) is 14.2 Å². The van der Waals surface area contributed by atoms with Gasteiger partial charge >= 0.3 is 0 Å². The Bertz CT molecular complexity index is 624. The molecule has 4 nitrogen and oxygen atoms in total. The maximum atomic E-state index is 5.32. The maximum absolute atomic E-state index is 5.32. The van der Waals surface area contributed by atoms with Gasteiger partial charge in [-0.15, -0.1) is 0 Å². The van der Waals surface area contributed by atoms with Crippen molar-refractivity contribution in [3.05, 3.63) is 54.1 Å². The second-order valence-corrected chi connectivity index (χ2v) is 4.61. The Labute approximate surface area is 125 Å². The van der Waals surface area contributed by atoms with Crippen LogP contribution in [0, 0.1) is 0 Å². The van der Waals surface area contributed by atoms with Crippen molar-refractivity contribution in [1.29, 1.82) is 0 Å². The van der Waals surface area contributed by atoms with E-state index in [1.807, 2.05) is 67.5 Å². The van der Waals surface area contributed by atoms with E-state index in [1.165, 1.54) is 0 Å². The standard InChI is InChI=1S/C17H20N2O2/c1-13(18-19(2)15-8-6-5-7-9-15)14-10-11-16(20-3)17(12-14)21-4/h5-12H,1-4H3/b18-13+. The molecule has 0 fully saturated rings. The molecule has 2 rings (SSSR count). The van der Waals surface area contributed by atoms with Crippen LogP contribution in [0.4, 0.5) is 5.69 Å². The van der Waals surface area contributed by atoms with Crippen LogP contribution in [0.3, 0.4) is 0 Å². The Morgan fingerprint density at radius 2 is 1.62 bits per heavy atom. The number of rotatable bonds is 5. The third-order valence-electron chi connectivity index (χ3n) is 3.23. The lowest BCUT2D eigenvalue weighted by atomic mass is 10.1. The van der Waals surface area contributed by atoms with Gasteiger partial charge in [-0.1, -0.05) is 18.2 Å². The lowest BCUT2D eigenvalue weighted by Crippen LogP contribution is -2.12. The molecule has 0 bridgehead atoms. The van der Waals surface area contributed by atoms with Crippen LogP contribution in [-0.4, -0.2) is 27.0 Å². The van der Waals surface area contributed by atoms with Crippen LogP contribution in [-0.2, 0) is 0 Å². The molecule has 2 aromatic carbocycles. The van der Waals surface area contributed by atoms with Crippen LogP contribution in [0.25, 0.3) is 0 Å². The number of hydrazone groups is 1. The van der Waals surface area contributed by atoms with Gasteiger partial charge in [0.2, 0.25) is 0 Å². The average molecular weight is 284 g/mol. The smallest absolute Gasteiger partial charge is 0.161 e. The van der Waals surface area contributed by atoms with Crippen molar-refractivity contribution in [2.45, 2.75) is 6.92 Å². The number of ether oxygens (including phenoxy) is 2. The fourth-order valence-corrected chi connectivity index (χ4v) is 2.05. The third-order valence-corrected chi connectivity index (χ3v) is 3.23. The van der Waals surface area contributed by atoms with Crippen LogP contribution in [0.1, 0.15) is 12.5 Å². The highest BCUT2D eigenvalue weighted by Gasteiger charge is 2.07. The fraction of sp³-hybridized carbons (Fsp3) is 0.235. The van der Waals surface area contributed by atoms with Gasteiger partial charge in [-0.2, -0.15) is 5.10 Å². The Morgan fingerprint density at radius 1 is 0.952 bits per heavy atom. The highest BCUT2D eigenvalue weighted by Crippen LogP contribution is 2.28. The first-order chi connectivity index (χ1) is 10.2. The predicted molar refractivity (Wildman–Crippen MR) is 86.6 cm³/mol. The number of anilines is 1. The van der Waals surface area contributed by atoms with Gasteiger partial charge in [0.1, 0.15) is 0 Å². The lowest BCUT2D eigenvalue weighted by molar-refractivity contribution is 0.355. The lowest BCUT2D eigenvalue weighted by Gasteiger charge is -2.15. The topological polar surface area (TPSA) is 34.1 Å². The molecule has 0 unspecified atom stereocenters. The fourth-order valence-electron chi connectivity index (χ4n) is 2.05. The largest absolute Gasteiger partial charge is 0.493 e. The summed E-state index contributed by atoms with van der Waals surface area (Å²) in [7, 11) is 5.19. The van der Waals surface area contributed by atoms with E-state index in [4.69, 9.17) is 9.47 Å². The van der Waals surface area contributed by atoms with E-state index in [0.29, 0.717) is 11.5 Å². The maximum Gasteiger partial charge on any atom is 0.161 e. The highest BCUT2D eigenvalue weighted by molar-refractivity contribution is 5.99. The van der Waals surface area contributed by atoms with Gasteiger partial charge in [-0.25, -0.2) is 0 Å². The quantitative estimate of drug-likeness (QED) is 0.622. The van der Waals surface area contributed by atoms with Crippen molar-refractivity contribution < 1.29 is 9.47 Å². The van der Waals surface area contributed by atoms with Crippen LogP contribution >= 0.6 is 0 Å². The Balaban J connectivity index is 2.27. The van der Waals surface area contributed by atoms with E-state index in [0.717, 1.165) is 17.0 Å². The van der Waals surface area contributed by atoms with Gasteiger partial charge in [0.25, 0.3) is 0 Å². The normalized spacial score (nSPS) is 11.1. The molecule has 0 saturated heterocycles. The molecule has 21 heavy (non-hydrogen) atoms. The Hall–Kier alpha value is -2.49. The van der Waals surface area contributed by atoms with E-state index in [9.17, 15) is 0 Å². The van der Waals surface area contributed by atoms with Gasteiger partial charge in [-0.3, -0.25) is 5.01 Å². The minimum atomic E-state index is 0.701. The predicted octanol–water partition coefficient (Wildman–Crippen LogP) is 3.56. The number of methoxy groups -OCH3 is 2. The summed E-state index contributed by atoms with van der Waals surface area (Å²) in [4.78, 5) is 0. The first kappa shape index (κ1) is 14.9. The van der Waals surface area contributed by atoms with Gasteiger partial charge in [0.15, 0.2) is 11.5 Å². The summed E-state index contributed by atoms with van der Waals surface area (Å²) >= 11 is 0. The van der Waals surface area contributed by atoms with Crippen molar-refractivity contribution in [3.63, 3.8) is 0 Å². The van der Waals surface area contributed by atoms with Crippen molar-refractivity contribution in [2.75, 3.05) is 26.3 Å². The second kappa shape index (κ2) is 6.79. The molecule has 0 aliphatic rings. The molecule has 0 aromatic heterocycles. The first-order valence-electron chi connectivity index (χ1n) is 6.72. The van der Waals surface area contributed by atoms with Crippen molar-refractivity contribution in [1.82, 2.24) is 0 Å². The van der Waals surface area contributed by atoms with Crippen molar-refractivity contribution in [3.8, 4) is 11.5 Å². The molecule has 0 aliphatic heterocycles. The molecule has 0 amide bonds. The molecular weight excluding hydrogens is 264 g/mol. The van der Waals surface area contributed by atoms with Gasteiger partial charge in [0.05, 0.1) is 25.6 Å². The molecule has 2 aromatic rings. The van der Waals surface area contributed by atoms with Gasteiger partial charge in [-0.05, 0) is 37.3 Å². The molecule has 0 N–H and O–H groups in total.